The van der Waals surface area contributed by atoms with Crippen LogP contribution in [0.3, 0.4) is 0 Å². The number of hydrogen-bond acceptors (Lipinski definition) is 3. The van der Waals surface area contributed by atoms with Gasteiger partial charge < -0.3 is 9.64 Å². The Morgan fingerprint density at radius 3 is 2.94 bits per heavy atom. The van der Waals surface area contributed by atoms with Crippen molar-refractivity contribution >= 4 is 17.6 Å². The number of cyclic esters (lactones) is 1. The lowest BCUT2D eigenvalue weighted by molar-refractivity contribution is -0.117. The van der Waals surface area contributed by atoms with E-state index in [0.29, 0.717) is 25.1 Å². The zero-order valence-electron chi connectivity index (χ0n) is 9.89. The average Bonchev–Trinajstić information content (AvgIpc) is 2.93. The summed E-state index contributed by atoms with van der Waals surface area (Å²) in [5, 5.41) is 0. The Labute approximate surface area is 105 Å². The Morgan fingerprint density at radius 1 is 1.39 bits per heavy atom. The van der Waals surface area contributed by atoms with Gasteiger partial charge in [0.25, 0.3) is 0 Å². The molecule has 2 heterocycles. The molecule has 1 fully saturated rings. The Bertz CT molecular complexity index is 550. The van der Waals surface area contributed by atoms with E-state index in [0.717, 1.165) is 11.3 Å². The zero-order valence-corrected chi connectivity index (χ0v) is 9.89. The SMILES string of the molecule is C=CC1CC(=O)N(c2ccc3c(c2)C(=O)OC3)C1. The molecular weight excluding hydrogens is 230 g/mol. The Morgan fingerprint density at radius 2 is 2.22 bits per heavy atom. The summed E-state index contributed by atoms with van der Waals surface area (Å²) in [7, 11) is 0. The summed E-state index contributed by atoms with van der Waals surface area (Å²) in [5.74, 6) is -0.0392. The normalized spacial score (nSPS) is 22.0. The molecule has 1 amide bonds. The number of nitrogens with zero attached hydrogens (tertiary/aromatic N) is 1. The van der Waals surface area contributed by atoms with Crippen LogP contribution in [-0.4, -0.2) is 18.4 Å². The minimum Gasteiger partial charge on any atom is -0.457 e. The lowest BCUT2D eigenvalue weighted by Crippen LogP contribution is -2.24. The predicted molar refractivity (Wildman–Crippen MR) is 66.2 cm³/mol. The van der Waals surface area contributed by atoms with Crippen molar-refractivity contribution in [2.75, 3.05) is 11.4 Å². The molecule has 0 saturated carbocycles. The van der Waals surface area contributed by atoms with Crippen molar-refractivity contribution in [2.45, 2.75) is 13.0 Å². The molecule has 0 radical (unpaired) electrons. The van der Waals surface area contributed by atoms with Gasteiger partial charge in [-0.25, -0.2) is 4.79 Å². The van der Waals surface area contributed by atoms with E-state index in [1.54, 1.807) is 17.0 Å². The largest absolute Gasteiger partial charge is 0.457 e. The third kappa shape index (κ3) is 1.61. The molecule has 0 bridgehead atoms. The van der Waals surface area contributed by atoms with Gasteiger partial charge in [0.05, 0.1) is 5.56 Å². The van der Waals surface area contributed by atoms with Crippen molar-refractivity contribution in [3.63, 3.8) is 0 Å². The van der Waals surface area contributed by atoms with Gasteiger partial charge in [0.1, 0.15) is 6.61 Å². The van der Waals surface area contributed by atoms with Crippen molar-refractivity contribution < 1.29 is 14.3 Å². The number of anilines is 1. The second-order valence-electron chi connectivity index (χ2n) is 4.62. The maximum absolute atomic E-state index is 11.9. The van der Waals surface area contributed by atoms with Gasteiger partial charge in [-0.05, 0) is 12.1 Å². The van der Waals surface area contributed by atoms with E-state index in [2.05, 4.69) is 6.58 Å². The molecule has 0 aliphatic carbocycles. The van der Waals surface area contributed by atoms with Gasteiger partial charge in [-0.3, -0.25) is 4.79 Å². The maximum Gasteiger partial charge on any atom is 0.338 e. The first-order valence-electron chi connectivity index (χ1n) is 5.92. The van der Waals surface area contributed by atoms with E-state index in [-0.39, 0.29) is 17.8 Å². The molecule has 3 rings (SSSR count). The van der Waals surface area contributed by atoms with Gasteiger partial charge in [0.15, 0.2) is 0 Å². The van der Waals surface area contributed by atoms with Crippen LogP contribution in [-0.2, 0) is 16.1 Å². The molecule has 1 aromatic carbocycles. The molecule has 92 valence electrons. The summed E-state index contributed by atoms with van der Waals surface area (Å²) < 4.78 is 4.95. The molecule has 0 aromatic heterocycles. The molecule has 18 heavy (non-hydrogen) atoms. The van der Waals surface area contributed by atoms with Crippen LogP contribution in [0, 0.1) is 5.92 Å². The molecule has 4 nitrogen and oxygen atoms in total. The van der Waals surface area contributed by atoms with Crippen molar-refractivity contribution in [1.82, 2.24) is 0 Å². The van der Waals surface area contributed by atoms with E-state index >= 15 is 0 Å². The molecular formula is C14H13NO3. The standard InChI is InChI=1S/C14H13NO3/c1-2-9-5-13(16)15(7-9)11-4-3-10-8-18-14(17)12(10)6-11/h2-4,6,9H,1,5,7-8H2. The van der Waals surface area contributed by atoms with E-state index in [1.807, 2.05) is 12.1 Å². The second-order valence-corrected chi connectivity index (χ2v) is 4.62. The summed E-state index contributed by atoms with van der Waals surface area (Å²) >= 11 is 0. The fraction of sp³-hybridized carbons (Fsp3) is 0.286. The number of carbonyl (C=O) groups excluding carboxylic acids is 2. The number of ether oxygens (including phenoxy) is 1. The first-order valence-corrected chi connectivity index (χ1v) is 5.92. The Kier molecular flexibility index (Phi) is 2.44. The number of benzene rings is 1. The second kappa shape index (κ2) is 3.98. The van der Waals surface area contributed by atoms with Gasteiger partial charge in [-0.2, -0.15) is 0 Å². The summed E-state index contributed by atoms with van der Waals surface area (Å²) in [6, 6.07) is 5.46. The predicted octanol–water partition coefficient (Wildman–Crippen LogP) is 1.90. The summed E-state index contributed by atoms with van der Waals surface area (Å²) in [6.07, 6.45) is 2.30. The summed E-state index contributed by atoms with van der Waals surface area (Å²) in [5.41, 5.74) is 2.22. The minimum atomic E-state index is -0.307. The van der Waals surface area contributed by atoms with Gasteiger partial charge in [-0.1, -0.05) is 12.1 Å². The third-order valence-electron chi connectivity index (χ3n) is 3.47. The van der Waals surface area contributed by atoms with E-state index in [1.165, 1.54) is 0 Å². The molecule has 1 unspecified atom stereocenters. The van der Waals surface area contributed by atoms with Crippen molar-refractivity contribution in [3.8, 4) is 0 Å². The number of carbonyl (C=O) groups is 2. The first-order chi connectivity index (χ1) is 8.69. The van der Waals surface area contributed by atoms with Crippen molar-refractivity contribution in [3.05, 3.63) is 42.0 Å². The highest BCUT2D eigenvalue weighted by molar-refractivity contribution is 5.99. The third-order valence-corrected chi connectivity index (χ3v) is 3.47. The molecule has 2 aliphatic heterocycles. The highest BCUT2D eigenvalue weighted by Gasteiger charge is 2.30. The highest BCUT2D eigenvalue weighted by Crippen LogP contribution is 2.29. The summed E-state index contributed by atoms with van der Waals surface area (Å²) in [6.45, 7) is 4.69. The monoisotopic (exact) mass is 243 g/mol. The Balaban J connectivity index is 1.94. The molecule has 4 heteroatoms. The molecule has 0 N–H and O–H groups in total. The van der Waals surface area contributed by atoms with Crippen LogP contribution >= 0.6 is 0 Å². The van der Waals surface area contributed by atoms with Crippen molar-refractivity contribution in [1.29, 1.82) is 0 Å². The van der Waals surface area contributed by atoms with Crippen LogP contribution in [0.4, 0.5) is 5.69 Å². The fourth-order valence-electron chi connectivity index (χ4n) is 2.41. The minimum absolute atomic E-state index is 0.0752. The molecule has 1 atom stereocenters. The van der Waals surface area contributed by atoms with Crippen LogP contribution < -0.4 is 4.90 Å². The molecule has 1 aromatic rings. The van der Waals surface area contributed by atoms with Crippen LogP contribution in [0.2, 0.25) is 0 Å². The quantitative estimate of drug-likeness (QED) is 0.588. The van der Waals surface area contributed by atoms with E-state index < -0.39 is 0 Å². The average molecular weight is 243 g/mol. The van der Waals surface area contributed by atoms with Crippen LogP contribution in [0.1, 0.15) is 22.3 Å². The zero-order chi connectivity index (χ0) is 12.7. The van der Waals surface area contributed by atoms with Gasteiger partial charge in [0, 0.05) is 30.1 Å². The molecule has 1 saturated heterocycles. The topological polar surface area (TPSA) is 46.6 Å². The van der Waals surface area contributed by atoms with Crippen LogP contribution in [0.5, 0.6) is 0 Å². The Hall–Kier alpha value is -2.10. The maximum atomic E-state index is 11.9. The van der Waals surface area contributed by atoms with Crippen LogP contribution in [0.15, 0.2) is 30.9 Å². The van der Waals surface area contributed by atoms with Gasteiger partial charge in [-0.15, -0.1) is 6.58 Å². The number of fused-ring (bicyclic) bond motifs is 1. The lowest BCUT2D eigenvalue weighted by Gasteiger charge is -2.16. The van der Waals surface area contributed by atoms with E-state index in [4.69, 9.17) is 4.74 Å². The molecule has 2 aliphatic rings. The fourth-order valence-corrected chi connectivity index (χ4v) is 2.41. The number of hydrogen-bond donors (Lipinski definition) is 0. The number of esters is 1. The van der Waals surface area contributed by atoms with Gasteiger partial charge >= 0.3 is 5.97 Å². The van der Waals surface area contributed by atoms with Crippen LogP contribution in [0.25, 0.3) is 0 Å². The van der Waals surface area contributed by atoms with Crippen molar-refractivity contribution in [2.24, 2.45) is 5.92 Å². The van der Waals surface area contributed by atoms with Gasteiger partial charge in [0.2, 0.25) is 5.91 Å². The summed E-state index contributed by atoms with van der Waals surface area (Å²) in [4.78, 5) is 25.1. The van der Waals surface area contributed by atoms with E-state index in [9.17, 15) is 9.59 Å². The number of rotatable bonds is 2. The first kappa shape index (κ1) is 11.0. The number of amides is 1. The smallest absolute Gasteiger partial charge is 0.338 e. The highest BCUT2D eigenvalue weighted by atomic mass is 16.5. The lowest BCUT2D eigenvalue weighted by atomic mass is 10.1. The molecule has 0 spiro atoms.